The van der Waals surface area contributed by atoms with Gasteiger partial charge in [0.1, 0.15) is 11.5 Å². The maximum atomic E-state index is 13.5. The first-order valence-corrected chi connectivity index (χ1v) is 15.7. The number of halogens is 1. The highest BCUT2D eigenvalue weighted by Gasteiger charge is 2.26. The maximum absolute atomic E-state index is 13.5. The standard InChI is InChI=1S/C34H34ClN7O4/c1-21-27-20-37-34(39-32(27)42(25-8-3-4-9-25)33(46)31(21)22(2)43)38-29-12-10-26(19-36-29)40-14-16-41(17-15-40)30(45)13-11-28(44)23-6-5-7-24(35)18-23/h5-7,10-13,18-20,25H,3-4,8-9,14-17H2,1-2H3,(H,36,37,38,39)/b13-11+. The fourth-order valence-corrected chi connectivity index (χ4v) is 6.44. The summed E-state index contributed by atoms with van der Waals surface area (Å²) >= 11 is 5.96. The summed E-state index contributed by atoms with van der Waals surface area (Å²) in [6.45, 7) is 5.44. The van der Waals surface area contributed by atoms with Gasteiger partial charge in [0.25, 0.3) is 5.56 Å². The lowest BCUT2D eigenvalue weighted by Gasteiger charge is -2.35. The van der Waals surface area contributed by atoms with E-state index in [4.69, 9.17) is 16.6 Å². The number of rotatable bonds is 8. The fourth-order valence-electron chi connectivity index (χ4n) is 6.25. The van der Waals surface area contributed by atoms with Gasteiger partial charge in [-0.05, 0) is 62.6 Å². The summed E-state index contributed by atoms with van der Waals surface area (Å²) in [5.41, 5.74) is 2.36. The molecule has 2 fully saturated rings. The van der Waals surface area contributed by atoms with E-state index in [1.54, 1.807) is 53.0 Å². The second kappa shape index (κ2) is 13.2. The summed E-state index contributed by atoms with van der Waals surface area (Å²) < 4.78 is 1.69. The lowest BCUT2D eigenvalue weighted by Crippen LogP contribution is -2.48. The third-order valence-corrected chi connectivity index (χ3v) is 8.92. The van der Waals surface area contributed by atoms with Crippen LogP contribution < -0.4 is 15.8 Å². The Morgan fingerprint density at radius 1 is 0.978 bits per heavy atom. The zero-order chi connectivity index (χ0) is 32.4. The highest BCUT2D eigenvalue weighted by atomic mass is 35.5. The number of nitrogens with zero attached hydrogens (tertiary/aromatic N) is 6. The molecule has 0 atom stereocenters. The molecule has 6 rings (SSSR count). The number of amides is 1. The number of hydrogen-bond donors (Lipinski definition) is 1. The van der Waals surface area contributed by atoms with Crippen molar-refractivity contribution in [2.24, 2.45) is 0 Å². The third kappa shape index (κ3) is 6.41. The number of aryl methyl sites for hydroxylation is 1. The van der Waals surface area contributed by atoms with Gasteiger partial charge in [0.05, 0.1) is 17.4 Å². The van der Waals surface area contributed by atoms with Crippen LogP contribution >= 0.6 is 11.6 Å². The molecule has 2 aliphatic rings. The number of anilines is 3. The molecular formula is C34H34ClN7O4. The molecule has 1 aliphatic carbocycles. The zero-order valence-corrected chi connectivity index (χ0v) is 26.5. The van der Waals surface area contributed by atoms with Gasteiger partial charge in [-0.3, -0.25) is 23.7 Å². The van der Waals surface area contributed by atoms with E-state index in [1.165, 1.54) is 19.1 Å². The Morgan fingerprint density at radius 3 is 2.41 bits per heavy atom. The number of piperazine rings is 1. The minimum atomic E-state index is -0.291. The molecule has 11 nitrogen and oxygen atoms in total. The second-order valence-electron chi connectivity index (χ2n) is 11.6. The lowest BCUT2D eigenvalue weighted by molar-refractivity contribution is -0.126. The predicted octanol–water partition coefficient (Wildman–Crippen LogP) is 5.30. The molecule has 1 N–H and O–H groups in total. The highest BCUT2D eigenvalue weighted by molar-refractivity contribution is 6.31. The molecule has 1 saturated heterocycles. The van der Waals surface area contributed by atoms with Gasteiger partial charge in [-0.15, -0.1) is 0 Å². The molecule has 236 valence electrons. The van der Waals surface area contributed by atoms with Gasteiger partial charge in [-0.2, -0.15) is 4.98 Å². The summed E-state index contributed by atoms with van der Waals surface area (Å²) in [6.07, 6.45) is 9.81. The fraction of sp³-hybridized carbons (Fsp3) is 0.324. The van der Waals surface area contributed by atoms with E-state index in [-0.39, 0.29) is 34.6 Å². The number of carbonyl (C=O) groups is 3. The van der Waals surface area contributed by atoms with Gasteiger partial charge in [0, 0.05) is 60.5 Å². The number of aromatic nitrogens is 4. The van der Waals surface area contributed by atoms with Gasteiger partial charge in [0.15, 0.2) is 11.6 Å². The normalized spacial score (nSPS) is 15.5. The lowest BCUT2D eigenvalue weighted by atomic mass is 10.0. The van der Waals surface area contributed by atoms with Crippen molar-refractivity contribution in [1.82, 2.24) is 24.4 Å². The number of benzene rings is 1. The molecule has 4 aromatic rings. The van der Waals surface area contributed by atoms with Crippen LogP contribution in [0.1, 0.15) is 64.9 Å². The molecule has 3 aromatic heterocycles. The van der Waals surface area contributed by atoms with Crippen molar-refractivity contribution >= 4 is 57.6 Å². The van der Waals surface area contributed by atoms with E-state index < -0.39 is 0 Å². The Kier molecular flexibility index (Phi) is 8.94. The van der Waals surface area contributed by atoms with Crippen molar-refractivity contribution in [3.8, 4) is 0 Å². The van der Waals surface area contributed by atoms with Crippen molar-refractivity contribution in [2.45, 2.75) is 45.6 Å². The summed E-state index contributed by atoms with van der Waals surface area (Å²) in [7, 11) is 0. The first kappa shape index (κ1) is 31.1. The Balaban J connectivity index is 1.11. The molecule has 1 saturated carbocycles. The third-order valence-electron chi connectivity index (χ3n) is 8.68. The summed E-state index contributed by atoms with van der Waals surface area (Å²) in [6, 6.07) is 10.4. The SMILES string of the molecule is CC(=O)c1c(C)c2cnc(Nc3ccc(N4CCN(C(=O)/C=C/C(=O)c5cccc(Cl)c5)CC4)cn3)nc2n(C2CCCC2)c1=O. The molecule has 12 heteroatoms. The van der Waals surface area contributed by atoms with Crippen LogP contribution in [-0.4, -0.2) is 68.1 Å². The van der Waals surface area contributed by atoms with E-state index in [2.05, 4.69) is 20.2 Å². The van der Waals surface area contributed by atoms with Crippen molar-refractivity contribution in [3.05, 3.63) is 93.0 Å². The Labute approximate surface area is 270 Å². The van der Waals surface area contributed by atoms with Crippen molar-refractivity contribution < 1.29 is 14.4 Å². The van der Waals surface area contributed by atoms with Crippen LogP contribution in [0.15, 0.2) is 65.7 Å². The van der Waals surface area contributed by atoms with Crippen molar-refractivity contribution in [1.29, 1.82) is 0 Å². The topological polar surface area (TPSA) is 130 Å². The van der Waals surface area contributed by atoms with Crippen molar-refractivity contribution in [2.75, 3.05) is 36.4 Å². The van der Waals surface area contributed by atoms with Gasteiger partial charge in [0.2, 0.25) is 11.9 Å². The Bertz CT molecular complexity index is 1910. The number of allylic oxidation sites excluding steroid dienone is 1. The molecule has 1 aromatic carbocycles. The average molecular weight is 640 g/mol. The maximum Gasteiger partial charge on any atom is 0.263 e. The van der Waals surface area contributed by atoms with Gasteiger partial charge >= 0.3 is 0 Å². The van der Waals surface area contributed by atoms with E-state index in [9.17, 15) is 19.2 Å². The number of fused-ring (bicyclic) bond motifs is 1. The number of pyridine rings is 2. The zero-order valence-electron chi connectivity index (χ0n) is 25.7. The Hall–Kier alpha value is -4.90. The first-order valence-electron chi connectivity index (χ1n) is 15.4. The average Bonchev–Trinajstić information content (AvgIpc) is 3.58. The number of hydrogen-bond acceptors (Lipinski definition) is 9. The monoisotopic (exact) mass is 639 g/mol. The molecule has 0 bridgehead atoms. The van der Waals surface area contributed by atoms with Crippen LogP contribution in [0.2, 0.25) is 5.02 Å². The molecular weight excluding hydrogens is 606 g/mol. The van der Waals surface area contributed by atoms with E-state index >= 15 is 0 Å². The van der Waals surface area contributed by atoms with Crippen LogP contribution in [0.4, 0.5) is 17.5 Å². The van der Waals surface area contributed by atoms with Crippen LogP contribution in [0.3, 0.4) is 0 Å². The summed E-state index contributed by atoms with van der Waals surface area (Å²) in [4.78, 5) is 68.6. The first-order chi connectivity index (χ1) is 22.2. The summed E-state index contributed by atoms with van der Waals surface area (Å²) in [5.74, 6) is 0.105. The molecule has 0 radical (unpaired) electrons. The van der Waals surface area contributed by atoms with Crippen LogP contribution in [0.5, 0.6) is 0 Å². The smallest absolute Gasteiger partial charge is 0.263 e. The summed E-state index contributed by atoms with van der Waals surface area (Å²) in [5, 5.41) is 4.30. The quantitative estimate of drug-likeness (QED) is 0.202. The molecule has 4 heterocycles. The molecule has 1 aliphatic heterocycles. The Morgan fingerprint density at radius 2 is 1.74 bits per heavy atom. The number of ketones is 2. The van der Waals surface area contributed by atoms with Gasteiger partial charge in [-0.25, -0.2) is 9.97 Å². The van der Waals surface area contributed by atoms with Gasteiger partial charge < -0.3 is 15.1 Å². The molecule has 0 unspecified atom stereocenters. The van der Waals surface area contributed by atoms with Gasteiger partial charge in [-0.1, -0.05) is 36.6 Å². The predicted molar refractivity (Wildman–Crippen MR) is 177 cm³/mol. The van der Waals surface area contributed by atoms with Crippen LogP contribution in [0.25, 0.3) is 11.0 Å². The molecule has 1 amide bonds. The van der Waals surface area contributed by atoms with Crippen molar-refractivity contribution in [3.63, 3.8) is 0 Å². The highest BCUT2D eigenvalue weighted by Crippen LogP contribution is 2.32. The van der Waals surface area contributed by atoms with E-state index in [1.807, 2.05) is 12.1 Å². The van der Waals surface area contributed by atoms with E-state index in [0.29, 0.717) is 65.1 Å². The van der Waals surface area contributed by atoms with Crippen LogP contribution in [0, 0.1) is 6.92 Å². The number of carbonyl (C=O) groups excluding carboxylic acids is 3. The minimum Gasteiger partial charge on any atom is -0.367 e. The largest absolute Gasteiger partial charge is 0.367 e. The minimum absolute atomic E-state index is 0.00274. The molecule has 0 spiro atoms. The van der Waals surface area contributed by atoms with E-state index in [0.717, 1.165) is 31.4 Å². The van der Waals surface area contributed by atoms with Crippen LogP contribution in [-0.2, 0) is 4.79 Å². The molecule has 46 heavy (non-hydrogen) atoms. The second-order valence-corrected chi connectivity index (χ2v) is 12.1. The number of nitrogens with one attached hydrogen (secondary N) is 1. The number of Topliss-reactive ketones (excluding diaryl/α,β-unsaturated/α-hetero) is 1.